The highest BCUT2D eigenvalue weighted by Crippen LogP contribution is 2.25. The van der Waals surface area contributed by atoms with Crippen molar-refractivity contribution < 1.29 is 38.7 Å². The molecule has 1 aliphatic heterocycles. The zero-order chi connectivity index (χ0) is 35.9. The van der Waals surface area contributed by atoms with Crippen LogP contribution in [0.15, 0.2) is 42.5 Å². The number of carbonyl (C=O) groups is 7. The third-order valence-corrected chi connectivity index (χ3v) is 9.23. The summed E-state index contributed by atoms with van der Waals surface area (Å²) in [5.41, 5.74) is 6.45. The molecule has 4 amide bonds. The first-order chi connectivity index (χ1) is 23.4. The van der Waals surface area contributed by atoms with E-state index in [1.807, 2.05) is 42.5 Å². The summed E-state index contributed by atoms with van der Waals surface area (Å²) in [6, 6.07) is 11.6. The number of nitrogens with one attached hydrogen (secondary N) is 2. The molecule has 2 aromatic rings. The largest absolute Gasteiger partial charge is 0.481 e. The number of hydrogen-bond acceptors (Lipinski definition) is 7. The van der Waals surface area contributed by atoms with Gasteiger partial charge < -0.3 is 26.4 Å². The number of nitrogens with zero attached hydrogens (tertiary/aromatic N) is 1. The van der Waals surface area contributed by atoms with E-state index in [2.05, 4.69) is 10.6 Å². The summed E-state index contributed by atoms with van der Waals surface area (Å²) in [5, 5.41) is 16.7. The summed E-state index contributed by atoms with van der Waals surface area (Å²) in [5.74, 6) is -5.05. The van der Waals surface area contributed by atoms with Gasteiger partial charge in [0.1, 0.15) is 11.8 Å². The number of halogens is 1. The molecule has 4 atom stereocenters. The van der Waals surface area contributed by atoms with E-state index < -0.39 is 41.7 Å². The van der Waals surface area contributed by atoms with Gasteiger partial charge in [-0.1, -0.05) is 42.5 Å². The van der Waals surface area contributed by atoms with Crippen LogP contribution in [0, 0.1) is 11.8 Å². The van der Waals surface area contributed by atoms with Crippen molar-refractivity contribution in [3.05, 3.63) is 48.0 Å². The van der Waals surface area contributed by atoms with Crippen LogP contribution in [0.2, 0.25) is 0 Å². The fourth-order valence-electron chi connectivity index (χ4n) is 6.30. The molecular weight excluding hydrogens is 652 g/mol. The highest BCUT2D eigenvalue weighted by Gasteiger charge is 2.36. The van der Waals surface area contributed by atoms with Gasteiger partial charge in [-0.05, 0) is 67.2 Å². The van der Waals surface area contributed by atoms with Crippen molar-refractivity contribution in [3.8, 4) is 0 Å². The summed E-state index contributed by atoms with van der Waals surface area (Å²) < 4.78 is 0. The summed E-state index contributed by atoms with van der Waals surface area (Å²) in [7, 11) is 0. The highest BCUT2D eigenvalue weighted by molar-refractivity contribution is 6.27. The van der Waals surface area contributed by atoms with Gasteiger partial charge in [-0.15, -0.1) is 11.6 Å². The number of amides is 4. The number of aliphatic carboxylic acids is 1. The van der Waals surface area contributed by atoms with Gasteiger partial charge in [0.15, 0.2) is 5.78 Å². The average molecular weight is 699 g/mol. The molecule has 12 nitrogen and oxygen atoms in total. The first kappa shape index (κ1) is 39.1. The molecule has 3 rings (SSSR count). The number of Topliss-reactive ketones (excluding diaryl/α,β-unsaturated/α-hetero) is 2. The summed E-state index contributed by atoms with van der Waals surface area (Å²) in [6.45, 7) is 2.01. The van der Waals surface area contributed by atoms with Gasteiger partial charge in [-0.25, -0.2) is 0 Å². The third kappa shape index (κ3) is 12.9. The number of hydrogen-bond donors (Lipinski definition) is 4. The molecule has 0 aliphatic carbocycles. The molecule has 13 heteroatoms. The summed E-state index contributed by atoms with van der Waals surface area (Å²) in [4.78, 5) is 89.6. The van der Waals surface area contributed by atoms with E-state index in [1.165, 1.54) is 11.8 Å². The third-order valence-electron chi connectivity index (χ3n) is 8.93. The topological polar surface area (TPSA) is 193 Å². The van der Waals surface area contributed by atoms with Gasteiger partial charge >= 0.3 is 5.97 Å². The minimum atomic E-state index is -1.04. The molecule has 0 radical (unpaired) electrons. The number of nitrogens with two attached hydrogens (primary N) is 1. The molecule has 266 valence electrons. The Kier molecular flexibility index (Phi) is 15.7. The first-order valence-corrected chi connectivity index (χ1v) is 17.3. The second-order valence-electron chi connectivity index (χ2n) is 12.8. The van der Waals surface area contributed by atoms with Crippen molar-refractivity contribution in [1.29, 1.82) is 0 Å². The van der Waals surface area contributed by atoms with Crippen LogP contribution in [-0.2, 0) is 40.0 Å². The van der Waals surface area contributed by atoms with Crippen LogP contribution < -0.4 is 16.4 Å². The van der Waals surface area contributed by atoms with E-state index in [0.717, 1.165) is 16.3 Å². The number of fused-ring (bicyclic) bond motifs is 1. The molecule has 2 aromatic carbocycles. The molecule has 1 saturated heterocycles. The molecule has 0 aromatic heterocycles. The fourth-order valence-corrected chi connectivity index (χ4v) is 6.41. The Balaban J connectivity index is 1.81. The van der Waals surface area contributed by atoms with Crippen molar-refractivity contribution in [2.24, 2.45) is 17.6 Å². The zero-order valence-electron chi connectivity index (χ0n) is 28.0. The Morgan fingerprint density at radius 1 is 0.980 bits per heavy atom. The number of piperidine rings is 1. The number of ketones is 2. The number of carboxylic acid groups (broad SMARTS) is 1. The lowest BCUT2D eigenvalue weighted by molar-refractivity contribution is -0.144. The van der Waals surface area contributed by atoms with Crippen molar-refractivity contribution >= 4 is 63.5 Å². The van der Waals surface area contributed by atoms with Gasteiger partial charge in [-0.2, -0.15) is 0 Å². The number of rotatable bonds is 20. The van der Waals surface area contributed by atoms with E-state index in [0.29, 0.717) is 38.8 Å². The maximum absolute atomic E-state index is 13.9. The van der Waals surface area contributed by atoms with E-state index in [9.17, 15) is 33.6 Å². The van der Waals surface area contributed by atoms with Crippen molar-refractivity contribution in [2.75, 3.05) is 19.0 Å². The smallest absolute Gasteiger partial charge is 0.303 e. The van der Waals surface area contributed by atoms with Crippen molar-refractivity contribution in [1.82, 2.24) is 15.5 Å². The van der Waals surface area contributed by atoms with E-state index in [1.54, 1.807) is 0 Å². The molecule has 0 bridgehead atoms. The zero-order valence-corrected chi connectivity index (χ0v) is 28.7. The van der Waals surface area contributed by atoms with E-state index >= 15 is 0 Å². The van der Waals surface area contributed by atoms with E-state index in [4.69, 9.17) is 22.4 Å². The monoisotopic (exact) mass is 698 g/mol. The first-order valence-electron chi connectivity index (χ1n) is 16.8. The maximum atomic E-state index is 13.9. The number of likely N-dealkylation sites (tertiary alicyclic amines) is 1. The molecule has 0 unspecified atom stereocenters. The second-order valence-corrected chi connectivity index (χ2v) is 13.1. The lowest BCUT2D eigenvalue weighted by Gasteiger charge is -2.36. The number of carbonyl (C=O) groups excluding carboxylic acids is 6. The molecule has 1 fully saturated rings. The van der Waals surface area contributed by atoms with Gasteiger partial charge in [0.05, 0.1) is 11.9 Å². The molecule has 0 spiro atoms. The van der Waals surface area contributed by atoms with Crippen molar-refractivity contribution in [2.45, 2.75) is 89.6 Å². The molecule has 49 heavy (non-hydrogen) atoms. The minimum Gasteiger partial charge on any atom is -0.481 e. The van der Waals surface area contributed by atoms with Crippen LogP contribution in [0.1, 0.15) is 76.7 Å². The van der Waals surface area contributed by atoms with Gasteiger partial charge in [-0.3, -0.25) is 33.6 Å². The lowest BCUT2D eigenvalue weighted by atomic mass is 9.90. The van der Waals surface area contributed by atoms with Crippen LogP contribution in [0.3, 0.4) is 0 Å². The van der Waals surface area contributed by atoms with Gasteiger partial charge in [0.25, 0.3) is 0 Å². The predicted octanol–water partition coefficient (Wildman–Crippen LogP) is 3.29. The summed E-state index contributed by atoms with van der Waals surface area (Å²) in [6.07, 6.45) is 2.10. The molecule has 1 heterocycles. The quantitative estimate of drug-likeness (QED) is 0.120. The fraction of sp³-hybridized carbons (Fsp3) is 0.528. The van der Waals surface area contributed by atoms with Crippen LogP contribution in [-0.4, -0.2) is 82.2 Å². The van der Waals surface area contributed by atoms with E-state index in [-0.39, 0.29) is 74.2 Å². The second kappa shape index (κ2) is 19.6. The molecule has 0 saturated carbocycles. The van der Waals surface area contributed by atoms with Crippen LogP contribution in [0.25, 0.3) is 10.8 Å². The number of primary amides is 1. The van der Waals surface area contributed by atoms with Crippen molar-refractivity contribution in [3.63, 3.8) is 0 Å². The maximum Gasteiger partial charge on any atom is 0.303 e. The Bertz CT molecular complexity index is 1510. The van der Waals surface area contributed by atoms with Crippen LogP contribution in [0.4, 0.5) is 0 Å². The SMILES string of the molecule is CC(=O)NCCC[C@H](CC(=O)[C@H](Cc1ccc2ccccc2c1)NC(=O)[C@@H]1CCCCN1C(=O)C[C@H](CCC(=O)O)CC(=O)CCl)C(N)=O. The minimum absolute atomic E-state index is 0.0403. The Morgan fingerprint density at radius 3 is 2.39 bits per heavy atom. The number of carboxylic acids is 1. The van der Waals surface area contributed by atoms with Gasteiger partial charge in [0.2, 0.25) is 23.6 Å². The Morgan fingerprint density at radius 2 is 1.71 bits per heavy atom. The van der Waals surface area contributed by atoms with Crippen LogP contribution >= 0.6 is 11.6 Å². The molecule has 5 N–H and O–H groups in total. The normalized spacial score (nSPS) is 16.3. The van der Waals surface area contributed by atoms with Gasteiger partial charge in [0, 0.05) is 51.6 Å². The highest BCUT2D eigenvalue weighted by atomic mass is 35.5. The predicted molar refractivity (Wildman–Crippen MR) is 184 cm³/mol. The Labute approximate surface area is 291 Å². The standard InChI is InChI=1S/C36H47ClN4O8/c1-23(42)39-15-6-9-28(35(38)48)21-32(44)30(19-24-11-13-26-7-2-3-8-27(26)17-24)40-36(49)31-10-4-5-16-41(31)33(45)20-25(12-14-34(46)47)18-29(43)22-37/h2-3,7-8,11,13,17,25,28,30-31H,4-6,9-10,12,14-16,18-22H2,1H3,(H2,38,48)(H,39,42)(H,40,49)(H,46,47)/t25-,28-,30+,31+/m1/s1. The molecular formula is C36H47ClN4O8. The lowest BCUT2D eigenvalue weighted by Crippen LogP contribution is -2.55. The number of alkyl halides is 1. The summed E-state index contributed by atoms with van der Waals surface area (Å²) >= 11 is 5.68. The Hall–Kier alpha value is -4.32. The molecule has 1 aliphatic rings. The average Bonchev–Trinajstić information content (AvgIpc) is 3.07. The van der Waals surface area contributed by atoms with Crippen LogP contribution in [0.5, 0.6) is 0 Å². The number of benzene rings is 2.